The van der Waals surface area contributed by atoms with E-state index < -0.39 is 17.7 Å². The first-order chi connectivity index (χ1) is 13.6. The van der Waals surface area contributed by atoms with Gasteiger partial charge in [-0.15, -0.1) is 0 Å². The van der Waals surface area contributed by atoms with Crippen LogP contribution in [0, 0.1) is 0 Å². The first kappa shape index (κ1) is 22.5. The largest absolute Gasteiger partial charge is 0.493 e. The summed E-state index contributed by atoms with van der Waals surface area (Å²) in [6, 6.07) is 4.53. The number of aromatic carboxylic acids is 1. The summed E-state index contributed by atoms with van der Waals surface area (Å²) in [4.78, 5) is 37.7. The molecule has 0 aromatic heterocycles. The molecule has 2 rings (SSSR count). The van der Waals surface area contributed by atoms with E-state index in [9.17, 15) is 19.5 Å². The number of alkyl carbamates (subject to hydrolysis) is 1. The third kappa shape index (κ3) is 6.96. The Morgan fingerprint density at radius 3 is 2.62 bits per heavy atom. The molecule has 0 spiro atoms. The summed E-state index contributed by atoms with van der Waals surface area (Å²) >= 11 is 0. The Hall–Kier alpha value is -2.77. The molecule has 1 atom stereocenters. The summed E-state index contributed by atoms with van der Waals surface area (Å²) in [5.41, 5.74) is 0.183. The number of rotatable bonds is 6. The first-order valence-electron chi connectivity index (χ1n) is 9.85. The fraction of sp³-hybridized carbons (Fsp3) is 0.571. The second-order valence-corrected chi connectivity index (χ2v) is 8.07. The van der Waals surface area contributed by atoms with Gasteiger partial charge in [-0.25, -0.2) is 9.59 Å². The number of hydrogen-bond acceptors (Lipinski definition) is 5. The van der Waals surface area contributed by atoms with Crippen molar-refractivity contribution in [3.05, 3.63) is 29.3 Å². The summed E-state index contributed by atoms with van der Waals surface area (Å²) in [7, 11) is 0. The van der Waals surface area contributed by atoms with E-state index in [4.69, 9.17) is 9.47 Å². The molecule has 1 aromatic rings. The van der Waals surface area contributed by atoms with Gasteiger partial charge in [-0.2, -0.15) is 0 Å². The number of piperidine rings is 1. The molecular weight excluding hydrogens is 376 g/mol. The quantitative estimate of drug-likeness (QED) is 0.753. The monoisotopic (exact) mass is 406 g/mol. The van der Waals surface area contributed by atoms with E-state index in [-0.39, 0.29) is 29.7 Å². The van der Waals surface area contributed by atoms with Crippen molar-refractivity contribution in [1.82, 2.24) is 10.2 Å². The van der Waals surface area contributed by atoms with Crippen LogP contribution in [-0.2, 0) is 16.0 Å². The molecule has 2 amide bonds. The van der Waals surface area contributed by atoms with E-state index in [0.717, 1.165) is 12.8 Å². The maximum absolute atomic E-state index is 12.7. The standard InChI is InChI=1S/C21H30N2O6/c1-5-28-17-11-14(8-9-16(17)19(25)26)12-18(24)23-10-6-7-15(13-23)22-20(27)29-21(2,3)4/h8-9,11,15H,5-7,10,12-13H2,1-4H3,(H,22,27)(H,25,26)/t15-/m1/s1. The van der Waals surface area contributed by atoms with Crippen molar-refractivity contribution in [3.63, 3.8) is 0 Å². The summed E-state index contributed by atoms with van der Waals surface area (Å²) in [5.74, 6) is -0.891. The SMILES string of the molecule is CCOc1cc(CC(=O)N2CCC[C@@H](NC(=O)OC(C)(C)C)C2)ccc1C(=O)O. The highest BCUT2D eigenvalue weighted by Crippen LogP contribution is 2.22. The maximum Gasteiger partial charge on any atom is 0.407 e. The van der Waals surface area contributed by atoms with Crippen LogP contribution in [0.3, 0.4) is 0 Å². The zero-order valence-electron chi connectivity index (χ0n) is 17.5. The van der Waals surface area contributed by atoms with E-state index in [0.29, 0.717) is 25.3 Å². The Bertz CT molecular complexity index is 756. The lowest BCUT2D eigenvalue weighted by molar-refractivity contribution is -0.131. The van der Waals surface area contributed by atoms with Crippen LogP contribution in [0.25, 0.3) is 0 Å². The number of carboxylic acids is 1. The summed E-state index contributed by atoms with van der Waals surface area (Å²) in [6.07, 6.45) is 1.22. The van der Waals surface area contributed by atoms with Crippen LogP contribution in [0.15, 0.2) is 18.2 Å². The van der Waals surface area contributed by atoms with Crippen LogP contribution < -0.4 is 10.1 Å². The lowest BCUT2D eigenvalue weighted by atomic mass is 10.0. The van der Waals surface area contributed by atoms with Crippen molar-refractivity contribution >= 4 is 18.0 Å². The highest BCUT2D eigenvalue weighted by Gasteiger charge is 2.27. The average Bonchev–Trinajstić information content (AvgIpc) is 2.60. The molecule has 0 aliphatic carbocycles. The van der Waals surface area contributed by atoms with Crippen molar-refractivity contribution in [2.45, 2.75) is 58.6 Å². The number of benzene rings is 1. The van der Waals surface area contributed by atoms with Gasteiger partial charge in [-0.3, -0.25) is 4.79 Å². The van der Waals surface area contributed by atoms with Gasteiger partial charge in [0.05, 0.1) is 13.0 Å². The van der Waals surface area contributed by atoms with Gasteiger partial charge in [0, 0.05) is 19.1 Å². The van der Waals surface area contributed by atoms with Gasteiger partial charge in [0.25, 0.3) is 0 Å². The smallest absolute Gasteiger partial charge is 0.407 e. The predicted molar refractivity (Wildman–Crippen MR) is 107 cm³/mol. The molecule has 8 nitrogen and oxygen atoms in total. The molecule has 0 bridgehead atoms. The van der Waals surface area contributed by atoms with Gasteiger partial charge in [0.15, 0.2) is 0 Å². The minimum atomic E-state index is -1.07. The fourth-order valence-corrected chi connectivity index (χ4v) is 3.21. The van der Waals surface area contributed by atoms with Gasteiger partial charge in [-0.1, -0.05) is 6.07 Å². The second kappa shape index (κ2) is 9.62. The van der Waals surface area contributed by atoms with Crippen molar-refractivity contribution in [2.24, 2.45) is 0 Å². The zero-order chi connectivity index (χ0) is 21.6. The third-order valence-electron chi connectivity index (χ3n) is 4.43. The molecule has 0 unspecified atom stereocenters. The Kier molecular flexibility index (Phi) is 7.47. The molecule has 160 valence electrons. The third-order valence-corrected chi connectivity index (χ3v) is 4.43. The lowest BCUT2D eigenvalue weighted by Gasteiger charge is -2.33. The molecule has 0 radical (unpaired) electrons. The molecular formula is C21H30N2O6. The maximum atomic E-state index is 12.7. The Balaban J connectivity index is 1.99. The number of nitrogens with one attached hydrogen (secondary N) is 1. The molecule has 1 heterocycles. The molecule has 0 saturated carbocycles. The van der Waals surface area contributed by atoms with Crippen LogP contribution in [0.1, 0.15) is 56.5 Å². The van der Waals surface area contributed by atoms with E-state index in [2.05, 4.69) is 5.32 Å². The highest BCUT2D eigenvalue weighted by atomic mass is 16.6. The molecule has 8 heteroatoms. The van der Waals surface area contributed by atoms with E-state index in [1.807, 2.05) is 0 Å². The summed E-state index contributed by atoms with van der Waals surface area (Å²) in [6.45, 7) is 8.55. The first-order valence-corrected chi connectivity index (χ1v) is 9.85. The number of carboxylic acid groups (broad SMARTS) is 1. The van der Waals surface area contributed by atoms with Crippen LogP contribution in [0.2, 0.25) is 0 Å². The Morgan fingerprint density at radius 2 is 2.00 bits per heavy atom. The number of ether oxygens (including phenoxy) is 2. The predicted octanol–water partition coefficient (Wildman–Crippen LogP) is 2.84. The average molecular weight is 406 g/mol. The van der Waals surface area contributed by atoms with Gasteiger partial charge in [0.1, 0.15) is 16.9 Å². The second-order valence-electron chi connectivity index (χ2n) is 8.07. The van der Waals surface area contributed by atoms with E-state index in [1.165, 1.54) is 6.07 Å². The van der Waals surface area contributed by atoms with Gasteiger partial charge < -0.3 is 24.8 Å². The molecule has 1 fully saturated rings. The van der Waals surface area contributed by atoms with Gasteiger partial charge in [0.2, 0.25) is 5.91 Å². The van der Waals surface area contributed by atoms with E-state index in [1.54, 1.807) is 44.7 Å². The summed E-state index contributed by atoms with van der Waals surface area (Å²) in [5, 5.41) is 12.1. The Labute approximate surface area is 171 Å². The van der Waals surface area contributed by atoms with Crippen molar-refractivity contribution < 1.29 is 29.0 Å². The molecule has 2 N–H and O–H groups in total. The minimum Gasteiger partial charge on any atom is -0.493 e. The van der Waals surface area contributed by atoms with Crippen LogP contribution in [0.5, 0.6) is 5.75 Å². The normalized spacial score (nSPS) is 16.8. The lowest BCUT2D eigenvalue weighted by Crippen LogP contribution is -2.50. The molecule has 29 heavy (non-hydrogen) atoms. The number of amides is 2. The molecule has 1 aliphatic heterocycles. The minimum absolute atomic E-state index is 0.0719. The molecule has 1 aliphatic rings. The number of hydrogen-bond donors (Lipinski definition) is 2. The van der Waals surface area contributed by atoms with Gasteiger partial charge >= 0.3 is 12.1 Å². The topological polar surface area (TPSA) is 105 Å². The zero-order valence-corrected chi connectivity index (χ0v) is 17.5. The Morgan fingerprint density at radius 1 is 1.28 bits per heavy atom. The number of carbonyl (C=O) groups is 3. The van der Waals surface area contributed by atoms with Crippen molar-refractivity contribution in [2.75, 3.05) is 19.7 Å². The van der Waals surface area contributed by atoms with Gasteiger partial charge in [-0.05, 0) is 58.2 Å². The highest BCUT2D eigenvalue weighted by molar-refractivity contribution is 5.91. The molecule has 1 aromatic carbocycles. The van der Waals surface area contributed by atoms with E-state index >= 15 is 0 Å². The fourth-order valence-electron chi connectivity index (χ4n) is 3.21. The van der Waals surface area contributed by atoms with Crippen molar-refractivity contribution in [3.8, 4) is 5.75 Å². The number of likely N-dealkylation sites (tertiary alicyclic amines) is 1. The number of nitrogens with zero attached hydrogens (tertiary/aromatic N) is 1. The van der Waals surface area contributed by atoms with Crippen LogP contribution in [0.4, 0.5) is 4.79 Å². The van der Waals surface area contributed by atoms with Crippen molar-refractivity contribution in [1.29, 1.82) is 0 Å². The molecule has 1 saturated heterocycles. The summed E-state index contributed by atoms with van der Waals surface area (Å²) < 4.78 is 10.7. The van der Waals surface area contributed by atoms with Crippen LogP contribution in [-0.4, -0.2) is 59.3 Å². The number of carbonyl (C=O) groups excluding carboxylic acids is 2. The van der Waals surface area contributed by atoms with Crippen LogP contribution >= 0.6 is 0 Å².